The van der Waals surface area contributed by atoms with Crippen LogP contribution in [0.3, 0.4) is 0 Å². The lowest BCUT2D eigenvalue weighted by molar-refractivity contribution is -0.926. The molecule has 0 saturated carbocycles. The maximum absolute atomic E-state index is 13.3. The minimum Gasteiger partial charge on any atom is -0.459 e. The number of hydrogen-bond donors (Lipinski definition) is 1. The van der Waals surface area contributed by atoms with E-state index < -0.39 is 11.6 Å². The monoisotopic (exact) mass is 362 g/mol. The maximum Gasteiger partial charge on any atom is 0.348 e. The summed E-state index contributed by atoms with van der Waals surface area (Å²) in [6, 6.07) is 15.8. The van der Waals surface area contributed by atoms with Gasteiger partial charge in [0, 0.05) is 24.0 Å². The Labute approximate surface area is 159 Å². The van der Waals surface area contributed by atoms with E-state index in [9.17, 15) is 9.90 Å². The maximum atomic E-state index is 13.3. The molecule has 138 valence electrons. The van der Waals surface area contributed by atoms with Gasteiger partial charge in [-0.3, -0.25) is 0 Å². The van der Waals surface area contributed by atoms with Gasteiger partial charge < -0.3 is 14.3 Å². The standard InChI is InChI=1S/C23H24NO3/c1-24(2)15-11-12-16(24)14-17(13-15)27-22(25)23(26)20-9-5-3-7-18(20)19-8-4-6-10-21(19)23/h3-12,15-17,26H,13-14H2,1-2H3/q+1/t15-,16?,17?/m1/s1. The first-order chi connectivity index (χ1) is 12.9. The summed E-state index contributed by atoms with van der Waals surface area (Å²) in [5, 5.41) is 11.6. The van der Waals surface area contributed by atoms with Gasteiger partial charge in [-0.05, 0) is 23.3 Å². The van der Waals surface area contributed by atoms with Gasteiger partial charge in [-0.15, -0.1) is 0 Å². The summed E-state index contributed by atoms with van der Waals surface area (Å²) < 4.78 is 6.85. The fraction of sp³-hybridized carbons (Fsp3) is 0.348. The summed E-state index contributed by atoms with van der Waals surface area (Å²) in [6.07, 6.45) is 5.91. The van der Waals surface area contributed by atoms with E-state index in [1.165, 1.54) is 0 Å². The lowest BCUT2D eigenvalue weighted by Crippen LogP contribution is -2.57. The van der Waals surface area contributed by atoms with Crippen LogP contribution in [-0.4, -0.2) is 47.8 Å². The molecule has 4 nitrogen and oxygen atoms in total. The summed E-state index contributed by atoms with van der Waals surface area (Å²) in [6.45, 7) is 0. The van der Waals surface area contributed by atoms with Crippen LogP contribution < -0.4 is 0 Å². The first-order valence-corrected chi connectivity index (χ1v) is 9.57. The highest BCUT2D eigenvalue weighted by Crippen LogP contribution is 2.48. The molecule has 27 heavy (non-hydrogen) atoms. The van der Waals surface area contributed by atoms with Crippen molar-refractivity contribution in [1.82, 2.24) is 0 Å². The van der Waals surface area contributed by atoms with Crippen molar-refractivity contribution in [2.75, 3.05) is 14.1 Å². The van der Waals surface area contributed by atoms with Gasteiger partial charge in [-0.2, -0.15) is 0 Å². The van der Waals surface area contributed by atoms with E-state index in [2.05, 4.69) is 26.2 Å². The molecule has 4 heteroatoms. The van der Waals surface area contributed by atoms with E-state index in [-0.39, 0.29) is 6.10 Å². The second kappa shape index (κ2) is 5.54. The zero-order chi connectivity index (χ0) is 18.8. The normalized spacial score (nSPS) is 28.5. The van der Waals surface area contributed by atoms with E-state index >= 15 is 0 Å². The number of fused-ring (bicyclic) bond motifs is 5. The molecule has 0 amide bonds. The molecule has 2 aliphatic heterocycles. The second-order valence-electron chi connectivity index (χ2n) is 8.45. The average Bonchev–Trinajstić information content (AvgIpc) is 2.96. The van der Waals surface area contributed by atoms with E-state index in [1.807, 2.05) is 48.5 Å². The van der Waals surface area contributed by atoms with Crippen molar-refractivity contribution >= 4 is 5.97 Å². The third-order valence-electron chi connectivity index (χ3n) is 6.77. The zero-order valence-corrected chi connectivity index (χ0v) is 15.6. The Morgan fingerprint density at radius 1 is 0.963 bits per heavy atom. The number of quaternary nitrogens is 1. The molecule has 0 spiro atoms. The van der Waals surface area contributed by atoms with Crippen LogP contribution in [0.4, 0.5) is 0 Å². The van der Waals surface area contributed by atoms with Crippen molar-refractivity contribution in [1.29, 1.82) is 0 Å². The number of hydrogen-bond acceptors (Lipinski definition) is 3. The highest BCUT2D eigenvalue weighted by atomic mass is 16.6. The van der Waals surface area contributed by atoms with Gasteiger partial charge in [0.1, 0.15) is 18.2 Å². The number of benzene rings is 2. The molecular weight excluding hydrogens is 338 g/mol. The molecule has 1 N–H and O–H groups in total. The summed E-state index contributed by atoms with van der Waals surface area (Å²) in [5.74, 6) is -0.559. The molecule has 2 unspecified atom stereocenters. The summed E-state index contributed by atoms with van der Waals surface area (Å²) in [4.78, 5) is 13.3. The van der Waals surface area contributed by atoms with Gasteiger partial charge >= 0.3 is 5.97 Å². The van der Waals surface area contributed by atoms with Crippen LogP contribution in [0.1, 0.15) is 24.0 Å². The first kappa shape index (κ1) is 16.7. The quantitative estimate of drug-likeness (QED) is 0.508. The first-order valence-electron chi connectivity index (χ1n) is 9.57. The van der Waals surface area contributed by atoms with Crippen LogP contribution in [-0.2, 0) is 15.1 Å². The van der Waals surface area contributed by atoms with Gasteiger partial charge in [0.25, 0.3) is 0 Å². The number of esters is 1. The van der Waals surface area contributed by atoms with Crippen LogP contribution in [0.15, 0.2) is 60.7 Å². The van der Waals surface area contributed by atoms with Gasteiger partial charge in [-0.25, -0.2) is 4.79 Å². The van der Waals surface area contributed by atoms with Crippen LogP contribution in [0.2, 0.25) is 0 Å². The lowest BCUT2D eigenvalue weighted by atomic mass is 9.91. The molecule has 2 bridgehead atoms. The molecule has 5 rings (SSSR count). The van der Waals surface area contributed by atoms with Crippen LogP contribution in [0.25, 0.3) is 11.1 Å². The molecule has 1 fully saturated rings. The molecule has 1 saturated heterocycles. The largest absolute Gasteiger partial charge is 0.459 e. The summed E-state index contributed by atoms with van der Waals surface area (Å²) >= 11 is 0. The highest BCUT2D eigenvalue weighted by Gasteiger charge is 2.52. The van der Waals surface area contributed by atoms with Crippen LogP contribution in [0.5, 0.6) is 0 Å². The van der Waals surface area contributed by atoms with Crippen molar-refractivity contribution in [3.05, 3.63) is 71.8 Å². The molecule has 3 atom stereocenters. The number of piperidine rings is 1. The smallest absolute Gasteiger partial charge is 0.348 e. The van der Waals surface area contributed by atoms with Gasteiger partial charge in [0.05, 0.1) is 14.1 Å². The predicted octanol–water partition coefficient (Wildman–Crippen LogP) is 2.99. The number of ether oxygens (including phenoxy) is 1. The molecular formula is C23H24NO3+. The predicted molar refractivity (Wildman–Crippen MR) is 103 cm³/mol. The SMILES string of the molecule is C[N+]1(C)C2C=C[C@@H]1CC(OC(=O)C1(O)c3ccccc3-c3ccccc31)C2. The lowest BCUT2D eigenvalue weighted by Gasteiger charge is -2.44. The Morgan fingerprint density at radius 2 is 1.44 bits per heavy atom. The molecule has 1 aliphatic carbocycles. The van der Waals surface area contributed by atoms with E-state index in [1.54, 1.807) is 0 Å². The van der Waals surface area contributed by atoms with Gasteiger partial charge in [0.15, 0.2) is 0 Å². The number of aliphatic hydroxyl groups is 1. The van der Waals surface area contributed by atoms with Crippen molar-refractivity contribution in [3.63, 3.8) is 0 Å². The Balaban J connectivity index is 1.47. The Bertz CT molecular complexity index is 898. The zero-order valence-electron chi connectivity index (χ0n) is 15.6. The van der Waals surface area contributed by atoms with Crippen molar-refractivity contribution in [2.24, 2.45) is 0 Å². The number of carbonyl (C=O) groups is 1. The molecule has 2 aromatic carbocycles. The topological polar surface area (TPSA) is 46.5 Å². The van der Waals surface area contributed by atoms with Gasteiger partial charge in [-0.1, -0.05) is 48.5 Å². The fourth-order valence-electron chi connectivity index (χ4n) is 5.05. The minimum absolute atomic E-state index is 0.169. The van der Waals surface area contributed by atoms with Crippen LogP contribution >= 0.6 is 0 Å². The average molecular weight is 362 g/mol. The number of carbonyl (C=O) groups excluding carboxylic acids is 1. The van der Waals surface area contributed by atoms with Crippen LogP contribution in [0, 0.1) is 0 Å². The molecule has 2 aromatic rings. The van der Waals surface area contributed by atoms with E-state index in [4.69, 9.17) is 4.74 Å². The summed E-state index contributed by atoms with van der Waals surface area (Å²) in [5.41, 5.74) is 1.29. The number of nitrogens with zero attached hydrogens (tertiary/aromatic N) is 1. The fourth-order valence-corrected chi connectivity index (χ4v) is 5.05. The number of likely N-dealkylation sites (N-methyl/N-ethyl adjacent to an activating group) is 1. The molecule has 0 aromatic heterocycles. The molecule has 0 radical (unpaired) electrons. The van der Waals surface area contributed by atoms with Crippen molar-refractivity contribution in [3.8, 4) is 11.1 Å². The third-order valence-corrected chi connectivity index (χ3v) is 6.77. The Morgan fingerprint density at radius 3 is 1.96 bits per heavy atom. The molecule has 2 heterocycles. The molecule has 3 aliphatic rings. The van der Waals surface area contributed by atoms with E-state index in [0.717, 1.165) is 28.5 Å². The number of rotatable bonds is 2. The van der Waals surface area contributed by atoms with E-state index in [0.29, 0.717) is 23.2 Å². The van der Waals surface area contributed by atoms with Gasteiger partial charge in [0.2, 0.25) is 5.60 Å². The Hall–Kier alpha value is -2.43. The van der Waals surface area contributed by atoms with Crippen molar-refractivity contribution in [2.45, 2.75) is 36.6 Å². The third kappa shape index (κ3) is 2.20. The Kier molecular flexibility index (Phi) is 3.43. The highest BCUT2D eigenvalue weighted by molar-refractivity contribution is 5.96. The van der Waals surface area contributed by atoms with Crippen molar-refractivity contribution < 1.29 is 19.1 Å². The minimum atomic E-state index is -1.73. The summed E-state index contributed by atoms with van der Waals surface area (Å²) in [7, 11) is 4.45. The second-order valence-corrected chi connectivity index (χ2v) is 8.45.